The molecule has 470 valence electrons. The van der Waals surface area contributed by atoms with Gasteiger partial charge in [-0.3, -0.25) is 14.4 Å². The molecule has 1 unspecified atom stereocenters. The molecule has 0 aliphatic rings. The summed E-state index contributed by atoms with van der Waals surface area (Å²) in [4.78, 5) is 38.5. The summed E-state index contributed by atoms with van der Waals surface area (Å²) < 4.78 is 17.0. The van der Waals surface area contributed by atoms with E-state index < -0.39 is 6.10 Å². The van der Waals surface area contributed by atoms with Crippen molar-refractivity contribution < 1.29 is 28.6 Å². The lowest BCUT2D eigenvalue weighted by atomic mass is 10.0. The first kappa shape index (κ1) is 78.3. The monoisotopic (exact) mass is 1150 g/mol. The Morgan fingerprint density at radius 2 is 0.434 bits per heavy atom. The van der Waals surface area contributed by atoms with Gasteiger partial charge in [-0.05, 0) is 135 Å². The van der Waals surface area contributed by atoms with E-state index in [0.29, 0.717) is 19.3 Å². The van der Waals surface area contributed by atoms with E-state index in [1.807, 2.05) is 0 Å². The maximum atomic E-state index is 13.0. The van der Waals surface area contributed by atoms with Crippen molar-refractivity contribution in [3.63, 3.8) is 0 Å². The number of unbranched alkanes of at least 4 members (excludes halogenated alkanes) is 26. The minimum absolute atomic E-state index is 0.0925. The summed E-state index contributed by atoms with van der Waals surface area (Å²) in [7, 11) is 0. The lowest BCUT2D eigenvalue weighted by molar-refractivity contribution is -0.167. The molecule has 0 aromatic rings. The van der Waals surface area contributed by atoms with Gasteiger partial charge in [0.05, 0.1) is 0 Å². The van der Waals surface area contributed by atoms with Crippen molar-refractivity contribution in [3.8, 4) is 0 Å². The van der Waals surface area contributed by atoms with Crippen LogP contribution in [-0.2, 0) is 28.6 Å². The van der Waals surface area contributed by atoms with Gasteiger partial charge in [0.25, 0.3) is 0 Å². The molecule has 0 heterocycles. The Hall–Kier alpha value is -4.71. The quantitative estimate of drug-likeness (QED) is 0.0261. The van der Waals surface area contributed by atoms with Gasteiger partial charge in [0.2, 0.25) is 0 Å². The SMILES string of the molecule is CC/C=C\C/C=C\C/C=C\C/C=C\CCCCCCCCCCCCCCCCC(=O)OCC(COC(=O)CCCCCCCC/C=C\C/C=C\C/C=C\C/C=C\CC)OC(=O)CCCCCCCC/C=C\C/C=C\C/C=C\C/C=C\CC. The summed E-state index contributed by atoms with van der Waals surface area (Å²) >= 11 is 0. The lowest BCUT2D eigenvalue weighted by Crippen LogP contribution is -2.30. The number of hydrogen-bond acceptors (Lipinski definition) is 6. The second-order valence-electron chi connectivity index (χ2n) is 22.3. The zero-order valence-corrected chi connectivity index (χ0v) is 53.9. The summed E-state index contributed by atoms with van der Waals surface area (Å²) in [6.07, 6.45) is 100. The molecule has 0 aliphatic heterocycles. The molecule has 0 rings (SSSR count). The molecular weight excluding hydrogens is 1020 g/mol. The number of carbonyl (C=O) groups is 3. The van der Waals surface area contributed by atoms with Crippen LogP contribution in [0.3, 0.4) is 0 Å². The number of ether oxygens (including phenoxy) is 3. The van der Waals surface area contributed by atoms with E-state index in [2.05, 4.69) is 167 Å². The molecular formula is C77H126O6. The van der Waals surface area contributed by atoms with Crippen LogP contribution < -0.4 is 0 Å². The Kier molecular flexibility index (Phi) is 65.8. The van der Waals surface area contributed by atoms with E-state index in [1.54, 1.807) is 0 Å². The molecule has 0 aliphatic carbocycles. The summed E-state index contributed by atoms with van der Waals surface area (Å²) in [6, 6.07) is 0. The molecule has 1 atom stereocenters. The Morgan fingerprint density at radius 1 is 0.241 bits per heavy atom. The fourth-order valence-electron chi connectivity index (χ4n) is 9.30. The topological polar surface area (TPSA) is 78.9 Å². The van der Waals surface area contributed by atoms with Crippen LogP contribution in [0.15, 0.2) is 146 Å². The number of carbonyl (C=O) groups excluding carboxylic acids is 3. The molecule has 0 radical (unpaired) electrons. The van der Waals surface area contributed by atoms with Crippen molar-refractivity contribution in [3.05, 3.63) is 146 Å². The maximum absolute atomic E-state index is 13.0. The van der Waals surface area contributed by atoms with Gasteiger partial charge in [-0.15, -0.1) is 0 Å². The highest BCUT2D eigenvalue weighted by Crippen LogP contribution is 2.16. The largest absolute Gasteiger partial charge is 0.462 e. The third-order valence-corrected chi connectivity index (χ3v) is 14.3. The van der Waals surface area contributed by atoms with Crippen LogP contribution in [0.1, 0.15) is 303 Å². The van der Waals surface area contributed by atoms with Crippen LogP contribution in [0.2, 0.25) is 0 Å². The number of esters is 3. The van der Waals surface area contributed by atoms with Crippen LogP contribution in [0.4, 0.5) is 0 Å². The first-order valence-electron chi connectivity index (χ1n) is 34.3. The maximum Gasteiger partial charge on any atom is 0.306 e. The van der Waals surface area contributed by atoms with Crippen LogP contribution >= 0.6 is 0 Å². The molecule has 0 N–H and O–H groups in total. The first-order valence-corrected chi connectivity index (χ1v) is 34.3. The van der Waals surface area contributed by atoms with Gasteiger partial charge >= 0.3 is 17.9 Å². The van der Waals surface area contributed by atoms with Crippen molar-refractivity contribution >= 4 is 17.9 Å². The smallest absolute Gasteiger partial charge is 0.306 e. The predicted octanol–water partition coefficient (Wildman–Crippen LogP) is 23.9. The van der Waals surface area contributed by atoms with Crippen molar-refractivity contribution in [2.45, 2.75) is 309 Å². The van der Waals surface area contributed by atoms with Gasteiger partial charge in [-0.2, -0.15) is 0 Å². The van der Waals surface area contributed by atoms with Gasteiger partial charge in [-0.25, -0.2) is 0 Å². The van der Waals surface area contributed by atoms with Crippen molar-refractivity contribution in [2.75, 3.05) is 13.2 Å². The Labute approximate surface area is 512 Å². The van der Waals surface area contributed by atoms with Crippen LogP contribution in [-0.4, -0.2) is 37.2 Å². The van der Waals surface area contributed by atoms with Crippen LogP contribution in [0.25, 0.3) is 0 Å². The zero-order valence-electron chi connectivity index (χ0n) is 53.9. The summed E-state index contributed by atoms with van der Waals surface area (Å²) in [5, 5.41) is 0. The molecule has 0 aromatic heterocycles. The second-order valence-corrected chi connectivity index (χ2v) is 22.3. The second kappa shape index (κ2) is 69.8. The summed E-state index contributed by atoms with van der Waals surface area (Å²) in [5.74, 6) is -0.916. The summed E-state index contributed by atoms with van der Waals surface area (Å²) in [6.45, 7) is 6.30. The van der Waals surface area contributed by atoms with Crippen LogP contribution in [0, 0.1) is 0 Å². The van der Waals surface area contributed by atoms with Gasteiger partial charge in [0.15, 0.2) is 6.10 Å². The van der Waals surface area contributed by atoms with E-state index in [-0.39, 0.29) is 31.1 Å². The normalized spacial score (nSPS) is 13.0. The molecule has 0 amide bonds. The summed E-state index contributed by atoms with van der Waals surface area (Å²) in [5.41, 5.74) is 0. The first-order chi connectivity index (χ1) is 41.0. The molecule has 83 heavy (non-hydrogen) atoms. The van der Waals surface area contributed by atoms with E-state index in [4.69, 9.17) is 14.2 Å². The van der Waals surface area contributed by atoms with E-state index in [9.17, 15) is 14.4 Å². The Bertz CT molecular complexity index is 1800. The fourth-order valence-corrected chi connectivity index (χ4v) is 9.30. The standard InChI is InChI=1S/C77H126O6/c1-4-7-10-13-16-19-22-25-28-31-34-35-36-37-38-39-40-41-44-46-49-52-55-58-61-64-67-70-76(79)82-73-74(83-77(80)71-68-65-62-59-56-53-50-47-43-33-30-27-24-21-18-15-12-9-6-3)72-81-75(78)69-66-63-60-57-54-51-48-45-42-32-29-26-23-20-17-14-11-8-5-2/h7-12,16-21,25-30,34-35,42-43,45,47,74H,4-6,13-15,22-24,31-33,36-41,44,46,48-73H2,1-3H3/b10-7-,11-8-,12-9-,19-16-,20-17-,21-18-,28-25-,29-26-,30-27-,35-34-,45-42-,47-43-. The van der Waals surface area contributed by atoms with Crippen molar-refractivity contribution in [2.24, 2.45) is 0 Å². The van der Waals surface area contributed by atoms with Crippen LogP contribution in [0.5, 0.6) is 0 Å². The van der Waals surface area contributed by atoms with Gasteiger partial charge in [0.1, 0.15) is 13.2 Å². The fraction of sp³-hybridized carbons (Fsp3) is 0.649. The van der Waals surface area contributed by atoms with E-state index >= 15 is 0 Å². The Morgan fingerprint density at radius 3 is 0.675 bits per heavy atom. The molecule has 0 fully saturated rings. The molecule has 0 aromatic carbocycles. The number of hydrogen-bond donors (Lipinski definition) is 0. The van der Waals surface area contributed by atoms with Gasteiger partial charge in [0, 0.05) is 19.3 Å². The average molecular weight is 1150 g/mol. The molecule has 0 saturated heterocycles. The highest BCUT2D eigenvalue weighted by molar-refractivity contribution is 5.71. The van der Waals surface area contributed by atoms with E-state index in [1.165, 1.54) is 103 Å². The number of rotatable bonds is 61. The van der Waals surface area contributed by atoms with Gasteiger partial charge in [-0.1, -0.05) is 295 Å². The molecule has 6 heteroatoms. The minimum atomic E-state index is -0.800. The average Bonchev–Trinajstić information content (AvgIpc) is 3.50. The highest BCUT2D eigenvalue weighted by Gasteiger charge is 2.19. The predicted molar refractivity (Wildman–Crippen MR) is 362 cm³/mol. The zero-order chi connectivity index (χ0) is 59.9. The van der Waals surface area contributed by atoms with Crippen molar-refractivity contribution in [1.82, 2.24) is 0 Å². The van der Waals surface area contributed by atoms with E-state index in [0.717, 1.165) is 161 Å². The molecule has 6 nitrogen and oxygen atoms in total. The Balaban J connectivity index is 4.39. The van der Waals surface area contributed by atoms with Crippen molar-refractivity contribution in [1.29, 1.82) is 0 Å². The highest BCUT2D eigenvalue weighted by atomic mass is 16.6. The number of allylic oxidation sites excluding steroid dienone is 24. The third kappa shape index (κ3) is 68.0. The molecule has 0 spiro atoms. The lowest BCUT2D eigenvalue weighted by Gasteiger charge is -2.18. The molecule has 0 saturated carbocycles. The minimum Gasteiger partial charge on any atom is -0.462 e. The third-order valence-electron chi connectivity index (χ3n) is 14.3. The van der Waals surface area contributed by atoms with Gasteiger partial charge < -0.3 is 14.2 Å². The molecule has 0 bridgehead atoms.